The van der Waals surface area contributed by atoms with Crippen LogP contribution in [0, 0.1) is 5.92 Å². The lowest BCUT2D eigenvalue weighted by Gasteiger charge is -2.16. The zero-order valence-electron chi connectivity index (χ0n) is 8.20. The summed E-state index contributed by atoms with van der Waals surface area (Å²) in [6.07, 6.45) is 0. The van der Waals surface area contributed by atoms with Crippen LogP contribution in [0.15, 0.2) is 6.07 Å². The van der Waals surface area contributed by atoms with E-state index in [9.17, 15) is 0 Å². The van der Waals surface area contributed by atoms with E-state index in [2.05, 4.69) is 22.2 Å². The van der Waals surface area contributed by atoms with Gasteiger partial charge in [0.15, 0.2) is 0 Å². The Labute approximate surface area is 103 Å². The topological polar surface area (TPSA) is 37.8 Å². The fraction of sp³-hybridized carbons (Fsp3) is 0.556. The molecule has 0 aliphatic carbocycles. The Morgan fingerprint density at radius 2 is 2.20 bits per heavy atom. The van der Waals surface area contributed by atoms with Crippen LogP contribution in [0.1, 0.15) is 6.92 Å². The molecule has 2 rings (SSSR count). The van der Waals surface area contributed by atoms with Gasteiger partial charge in [-0.05, 0) is 23.3 Å². The van der Waals surface area contributed by atoms with Gasteiger partial charge in [-0.25, -0.2) is 9.97 Å². The number of hydrogen-bond acceptors (Lipinski definition) is 4. The smallest absolute Gasteiger partial charge is 0.225 e. The van der Waals surface area contributed by atoms with Crippen LogP contribution in [0.5, 0.6) is 0 Å². The fourth-order valence-electron chi connectivity index (χ4n) is 1.50. The Morgan fingerprint density at radius 1 is 1.40 bits per heavy atom. The number of rotatable bonds is 2. The molecule has 2 heterocycles. The summed E-state index contributed by atoms with van der Waals surface area (Å²) < 4.78 is 0. The van der Waals surface area contributed by atoms with Gasteiger partial charge in [0.1, 0.15) is 11.0 Å². The van der Waals surface area contributed by atoms with E-state index in [4.69, 9.17) is 23.2 Å². The molecule has 1 fully saturated rings. The van der Waals surface area contributed by atoms with E-state index >= 15 is 0 Å². The third kappa shape index (κ3) is 2.89. The van der Waals surface area contributed by atoms with Crippen molar-refractivity contribution in [2.75, 3.05) is 16.8 Å². The van der Waals surface area contributed by atoms with Crippen molar-refractivity contribution < 1.29 is 0 Å². The average molecular weight is 264 g/mol. The molecule has 1 aliphatic heterocycles. The number of nitrogens with one attached hydrogen (secondary N) is 1. The fourth-order valence-corrected chi connectivity index (χ4v) is 3.31. The minimum atomic E-state index is 0.184. The number of thioether (sulfide) groups is 1. The zero-order chi connectivity index (χ0) is 10.8. The summed E-state index contributed by atoms with van der Waals surface area (Å²) >= 11 is 13.5. The summed E-state index contributed by atoms with van der Waals surface area (Å²) in [5, 5.41) is 3.89. The normalized spacial score (nSPS) is 25.5. The molecule has 0 bridgehead atoms. The van der Waals surface area contributed by atoms with Crippen molar-refractivity contribution in [1.82, 2.24) is 9.97 Å². The first-order chi connectivity index (χ1) is 7.15. The Kier molecular flexibility index (Phi) is 3.59. The molecular weight excluding hydrogens is 253 g/mol. The highest BCUT2D eigenvalue weighted by Crippen LogP contribution is 2.26. The van der Waals surface area contributed by atoms with Crippen molar-refractivity contribution in [1.29, 1.82) is 0 Å². The Morgan fingerprint density at radius 3 is 2.80 bits per heavy atom. The Bertz CT molecular complexity index is 341. The second-order valence-corrected chi connectivity index (χ2v) is 5.41. The minimum Gasteiger partial charge on any atom is -0.366 e. The van der Waals surface area contributed by atoms with Crippen LogP contribution in [0.3, 0.4) is 0 Å². The lowest BCUT2D eigenvalue weighted by molar-refractivity contribution is 0.597. The van der Waals surface area contributed by atoms with Crippen molar-refractivity contribution in [2.45, 2.75) is 13.0 Å². The van der Waals surface area contributed by atoms with Crippen molar-refractivity contribution >= 4 is 40.8 Å². The van der Waals surface area contributed by atoms with Gasteiger partial charge >= 0.3 is 0 Å². The molecule has 3 nitrogen and oxygen atoms in total. The third-order valence-corrected chi connectivity index (χ3v) is 4.08. The maximum atomic E-state index is 5.79. The van der Waals surface area contributed by atoms with Crippen molar-refractivity contribution in [3.8, 4) is 0 Å². The van der Waals surface area contributed by atoms with Crippen molar-refractivity contribution in [2.24, 2.45) is 5.92 Å². The quantitative estimate of drug-likeness (QED) is 0.658. The summed E-state index contributed by atoms with van der Waals surface area (Å²) in [6, 6.07) is 2.14. The van der Waals surface area contributed by atoms with E-state index in [1.54, 1.807) is 6.07 Å². The first kappa shape index (κ1) is 11.3. The third-order valence-electron chi connectivity index (χ3n) is 2.37. The van der Waals surface area contributed by atoms with E-state index in [-0.39, 0.29) is 5.28 Å². The Balaban J connectivity index is 2.10. The van der Waals surface area contributed by atoms with Crippen LogP contribution in [0.4, 0.5) is 5.82 Å². The van der Waals surface area contributed by atoms with E-state index in [1.807, 2.05) is 11.8 Å². The van der Waals surface area contributed by atoms with E-state index in [0.29, 0.717) is 22.9 Å². The highest BCUT2D eigenvalue weighted by molar-refractivity contribution is 7.99. The van der Waals surface area contributed by atoms with Gasteiger partial charge in [-0.15, -0.1) is 0 Å². The number of halogens is 2. The standard InChI is InChI=1S/C9H11Cl2N3S/c1-5-3-15-4-6(5)12-8-2-7(10)13-9(11)14-8/h2,5-6H,3-4H2,1H3,(H,12,13,14). The molecular formula is C9H11Cl2N3S. The molecule has 0 radical (unpaired) electrons. The summed E-state index contributed by atoms with van der Waals surface area (Å²) in [5.74, 6) is 3.63. The Hall–Kier alpha value is -0.190. The molecule has 0 amide bonds. The highest BCUT2D eigenvalue weighted by atomic mass is 35.5. The highest BCUT2D eigenvalue weighted by Gasteiger charge is 2.24. The van der Waals surface area contributed by atoms with E-state index < -0.39 is 0 Å². The lowest BCUT2D eigenvalue weighted by atomic mass is 10.1. The van der Waals surface area contributed by atoms with Crippen LogP contribution in [-0.4, -0.2) is 27.5 Å². The largest absolute Gasteiger partial charge is 0.366 e. The average Bonchev–Trinajstić information content (AvgIpc) is 2.50. The molecule has 2 atom stereocenters. The van der Waals surface area contributed by atoms with Crippen molar-refractivity contribution in [3.63, 3.8) is 0 Å². The molecule has 1 aliphatic rings. The second-order valence-electron chi connectivity index (χ2n) is 3.61. The summed E-state index contributed by atoms with van der Waals surface area (Å²) in [4.78, 5) is 7.88. The number of anilines is 1. The molecule has 0 aromatic carbocycles. The van der Waals surface area contributed by atoms with Crippen molar-refractivity contribution in [3.05, 3.63) is 16.5 Å². The summed E-state index contributed by atoms with van der Waals surface area (Å²) in [7, 11) is 0. The molecule has 0 spiro atoms. The molecule has 1 aromatic heterocycles. The predicted octanol–water partition coefficient (Wildman–Crippen LogP) is 2.95. The van der Waals surface area contributed by atoms with Gasteiger partial charge in [0, 0.05) is 17.9 Å². The molecule has 15 heavy (non-hydrogen) atoms. The van der Waals surface area contributed by atoms with Crippen LogP contribution < -0.4 is 5.32 Å². The van der Waals surface area contributed by atoms with Gasteiger partial charge < -0.3 is 5.32 Å². The van der Waals surface area contributed by atoms with Gasteiger partial charge in [-0.2, -0.15) is 11.8 Å². The molecule has 2 unspecified atom stereocenters. The molecule has 1 N–H and O–H groups in total. The van der Waals surface area contributed by atoms with Gasteiger partial charge in [-0.3, -0.25) is 0 Å². The summed E-state index contributed by atoms with van der Waals surface area (Å²) in [6.45, 7) is 2.22. The predicted molar refractivity (Wildman–Crippen MR) is 66.0 cm³/mol. The SMILES string of the molecule is CC1CSCC1Nc1cc(Cl)nc(Cl)n1. The number of aromatic nitrogens is 2. The van der Waals surface area contributed by atoms with Crippen LogP contribution in [0.2, 0.25) is 10.4 Å². The van der Waals surface area contributed by atoms with Crippen LogP contribution >= 0.6 is 35.0 Å². The van der Waals surface area contributed by atoms with E-state index in [1.165, 1.54) is 5.75 Å². The van der Waals surface area contributed by atoms with Crippen LogP contribution in [0.25, 0.3) is 0 Å². The monoisotopic (exact) mass is 263 g/mol. The molecule has 1 aromatic rings. The van der Waals surface area contributed by atoms with Gasteiger partial charge in [0.05, 0.1) is 0 Å². The van der Waals surface area contributed by atoms with E-state index in [0.717, 1.165) is 5.75 Å². The molecule has 82 valence electrons. The van der Waals surface area contributed by atoms with Gasteiger partial charge in [0.2, 0.25) is 5.28 Å². The zero-order valence-corrected chi connectivity index (χ0v) is 10.5. The number of nitrogens with zero attached hydrogens (tertiary/aromatic N) is 2. The second kappa shape index (κ2) is 4.76. The first-order valence-corrected chi connectivity index (χ1v) is 6.60. The summed E-state index contributed by atoms with van der Waals surface area (Å²) in [5.41, 5.74) is 0. The van der Waals surface area contributed by atoms with Crippen LogP contribution in [-0.2, 0) is 0 Å². The first-order valence-electron chi connectivity index (χ1n) is 4.69. The lowest BCUT2D eigenvalue weighted by Crippen LogP contribution is -2.26. The maximum absolute atomic E-state index is 5.79. The molecule has 6 heteroatoms. The maximum Gasteiger partial charge on any atom is 0.225 e. The van der Waals surface area contributed by atoms with Gasteiger partial charge in [-0.1, -0.05) is 18.5 Å². The molecule has 0 saturated carbocycles. The minimum absolute atomic E-state index is 0.184. The number of hydrogen-bond donors (Lipinski definition) is 1. The van der Waals surface area contributed by atoms with Gasteiger partial charge in [0.25, 0.3) is 0 Å². The molecule has 1 saturated heterocycles.